The van der Waals surface area contributed by atoms with Crippen molar-refractivity contribution >= 4 is 34.0 Å². The van der Waals surface area contributed by atoms with E-state index in [-0.39, 0.29) is 24.2 Å². The van der Waals surface area contributed by atoms with Gasteiger partial charge in [0.05, 0.1) is 5.92 Å². The van der Waals surface area contributed by atoms with Crippen LogP contribution >= 0.6 is 0 Å². The summed E-state index contributed by atoms with van der Waals surface area (Å²) in [6.45, 7) is 4.59. The molecular formula is C31H30N2O3. The number of ether oxygens (including phenoxy) is 1. The highest BCUT2D eigenvalue weighted by molar-refractivity contribution is 6.04. The third-order valence-corrected chi connectivity index (χ3v) is 6.81. The summed E-state index contributed by atoms with van der Waals surface area (Å²) in [5, 5.41) is 5.26. The Morgan fingerprint density at radius 3 is 2.22 bits per heavy atom. The average Bonchev–Trinajstić information content (AvgIpc) is 3.30. The van der Waals surface area contributed by atoms with E-state index in [4.69, 9.17) is 4.74 Å². The topological polar surface area (TPSA) is 58.6 Å². The molecule has 1 saturated heterocycles. The predicted octanol–water partition coefficient (Wildman–Crippen LogP) is 6.75. The molecule has 36 heavy (non-hydrogen) atoms. The molecule has 5 rings (SSSR count). The molecule has 182 valence electrons. The number of nitrogens with one attached hydrogen (secondary N) is 1. The standard InChI is InChI=1S/C31H30N2O3/c1-3-21-10-7-11-22(4-2)30(21)33-20-25(19-29(33)34)31(35)32-26-13-16-27(17-14-26)36-28-15-12-23-8-5-6-9-24(23)18-28/h5-18,25H,3-4,19-20H2,1-2H3,(H,32,35)/t25-/m1/s1. The molecule has 4 aromatic carbocycles. The van der Waals surface area contributed by atoms with Crippen molar-refractivity contribution < 1.29 is 14.3 Å². The van der Waals surface area contributed by atoms with Gasteiger partial charge in [-0.15, -0.1) is 0 Å². The van der Waals surface area contributed by atoms with Crippen LogP contribution in [0.3, 0.4) is 0 Å². The molecule has 0 saturated carbocycles. The number of hydrogen-bond donors (Lipinski definition) is 1. The zero-order chi connectivity index (χ0) is 25.1. The first kappa shape index (κ1) is 23.6. The van der Waals surface area contributed by atoms with E-state index in [1.165, 1.54) is 0 Å². The molecule has 0 radical (unpaired) electrons. The van der Waals surface area contributed by atoms with Crippen molar-refractivity contribution in [1.82, 2.24) is 0 Å². The number of aryl methyl sites for hydroxylation is 2. The van der Waals surface area contributed by atoms with E-state index in [9.17, 15) is 9.59 Å². The number of fused-ring (bicyclic) bond motifs is 1. The van der Waals surface area contributed by atoms with Gasteiger partial charge < -0.3 is 15.0 Å². The number of anilines is 2. The highest BCUT2D eigenvalue weighted by Crippen LogP contribution is 2.33. The van der Waals surface area contributed by atoms with Crippen molar-refractivity contribution in [3.63, 3.8) is 0 Å². The molecule has 4 aromatic rings. The Balaban J connectivity index is 1.24. The molecule has 1 heterocycles. The molecule has 0 unspecified atom stereocenters. The molecule has 2 amide bonds. The molecule has 0 aliphatic carbocycles. The van der Waals surface area contributed by atoms with Gasteiger partial charge in [0.1, 0.15) is 11.5 Å². The quantitative estimate of drug-likeness (QED) is 0.320. The third kappa shape index (κ3) is 4.82. The summed E-state index contributed by atoms with van der Waals surface area (Å²) in [5.41, 5.74) is 3.95. The lowest BCUT2D eigenvalue weighted by Crippen LogP contribution is -2.29. The summed E-state index contributed by atoms with van der Waals surface area (Å²) in [7, 11) is 0. The van der Waals surface area contributed by atoms with Crippen molar-refractivity contribution in [2.45, 2.75) is 33.1 Å². The summed E-state index contributed by atoms with van der Waals surface area (Å²) in [6, 6.07) is 27.6. The van der Waals surface area contributed by atoms with Crippen LogP contribution in [0.2, 0.25) is 0 Å². The van der Waals surface area contributed by atoms with Gasteiger partial charge in [0, 0.05) is 24.3 Å². The maximum atomic E-state index is 13.0. The fraction of sp³-hybridized carbons (Fsp3) is 0.226. The van der Waals surface area contributed by atoms with Crippen LogP contribution < -0.4 is 15.0 Å². The number of nitrogens with zero attached hydrogens (tertiary/aromatic N) is 1. The number of amides is 2. The Bertz CT molecular complexity index is 1390. The minimum absolute atomic E-state index is 0.00452. The van der Waals surface area contributed by atoms with Crippen molar-refractivity contribution in [3.8, 4) is 11.5 Å². The monoisotopic (exact) mass is 478 g/mol. The van der Waals surface area contributed by atoms with Crippen molar-refractivity contribution in [2.75, 3.05) is 16.8 Å². The van der Waals surface area contributed by atoms with E-state index in [1.807, 2.05) is 65.6 Å². The molecule has 0 spiro atoms. The van der Waals surface area contributed by atoms with Crippen LogP contribution in [0.25, 0.3) is 10.8 Å². The van der Waals surface area contributed by atoms with Gasteiger partial charge in [-0.2, -0.15) is 0 Å². The number of carbonyl (C=O) groups is 2. The average molecular weight is 479 g/mol. The normalized spacial score (nSPS) is 15.3. The number of carbonyl (C=O) groups excluding carboxylic acids is 2. The lowest BCUT2D eigenvalue weighted by Gasteiger charge is -2.23. The van der Waals surface area contributed by atoms with Crippen LogP contribution in [0.5, 0.6) is 11.5 Å². The lowest BCUT2D eigenvalue weighted by molar-refractivity contribution is -0.122. The van der Waals surface area contributed by atoms with Gasteiger partial charge in [0.2, 0.25) is 11.8 Å². The molecular weight excluding hydrogens is 448 g/mol. The summed E-state index contributed by atoms with van der Waals surface area (Å²) in [5.74, 6) is 0.925. The molecule has 0 bridgehead atoms. The van der Waals surface area contributed by atoms with Gasteiger partial charge in [-0.3, -0.25) is 9.59 Å². The minimum Gasteiger partial charge on any atom is -0.457 e. The zero-order valence-corrected chi connectivity index (χ0v) is 20.7. The summed E-state index contributed by atoms with van der Waals surface area (Å²) in [4.78, 5) is 27.7. The molecule has 1 aliphatic rings. The molecule has 0 aromatic heterocycles. The largest absolute Gasteiger partial charge is 0.457 e. The van der Waals surface area contributed by atoms with Gasteiger partial charge in [-0.25, -0.2) is 0 Å². The maximum Gasteiger partial charge on any atom is 0.229 e. The SMILES string of the molecule is CCc1cccc(CC)c1N1C[C@H](C(=O)Nc2ccc(Oc3ccc4ccccc4c3)cc2)CC1=O. The van der Waals surface area contributed by atoms with Gasteiger partial charge in [0.15, 0.2) is 0 Å². The molecule has 1 N–H and O–H groups in total. The Kier molecular flexibility index (Phi) is 6.72. The van der Waals surface area contributed by atoms with Crippen LogP contribution in [0.4, 0.5) is 11.4 Å². The van der Waals surface area contributed by atoms with E-state index in [0.29, 0.717) is 18.0 Å². The second kappa shape index (κ2) is 10.2. The molecule has 1 aliphatic heterocycles. The van der Waals surface area contributed by atoms with Gasteiger partial charge in [-0.05, 0) is 71.1 Å². The number of hydrogen-bond acceptors (Lipinski definition) is 3. The summed E-state index contributed by atoms with van der Waals surface area (Å²) < 4.78 is 6.00. The zero-order valence-electron chi connectivity index (χ0n) is 20.7. The molecule has 1 atom stereocenters. The lowest BCUT2D eigenvalue weighted by atomic mass is 10.0. The van der Waals surface area contributed by atoms with Crippen LogP contribution in [0.15, 0.2) is 84.9 Å². The van der Waals surface area contributed by atoms with E-state index < -0.39 is 0 Å². The molecule has 5 heteroatoms. The van der Waals surface area contributed by atoms with Crippen LogP contribution in [0.1, 0.15) is 31.4 Å². The van der Waals surface area contributed by atoms with Crippen molar-refractivity contribution in [1.29, 1.82) is 0 Å². The van der Waals surface area contributed by atoms with Crippen LogP contribution in [-0.2, 0) is 22.4 Å². The fourth-order valence-corrected chi connectivity index (χ4v) is 4.88. The van der Waals surface area contributed by atoms with Gasteiger partial charge >= 0.3 is 0 Å². The highest BCUT2D eigenvalue weighted by atomic mass is 16.5. The number of rotatable bonds is 7. The summed E-state index contributed by atoms with van der Waals surface area (Å²) in [6.07, 6.45) is 1.91. The first-order valence-electron chi connectivity index (χ1n) is 12.5. The Morgan fingerprint density at radius 1 is 0.861 bits per heavy atom. The van der Waals surface area contributed by atoms with Crippen molar-refractivity contribution in [3.05, 3.63) is 96.1 Å². The van der Waals surface area contributed by atoms with Crippen molar-refractivity contribution in [2.24, 2.45) is 5.92 Å². The third-order valence-electron chi connectivity index (χ3n) is 6.81. The first-order valence-corrected chi connectivity index (χ1v) is 12.5. The number of para-hydroxylation sites is 1. The van der Waals surface area contributed by atoms with Crippen LogP contribution in [-0.4, -0.2) is 18.4 Å². The number of benzene rings is 4. The van der Waals surface area contributed by atoms with E-state index >= 15 is 0 Å². The summed E-state index contributed by atoms with van der Waals surface area (Å²) >= 11 is 0. The highest BCUT2D eigenvalue weighted by Gasteiger charge is 2.36. The second-order valence-corrected chi connectivity index (χ2v) is 9.16. The molecule has 5 nitrogen and oxygen atoms in total. The van der Waals surface area contributed by atoms with Gasteiger partial charge in [-0.1, -0.05) is 62.4 Å². The van der Waals surface area contributed by atoms with E-state index in [1.54, 1.807) is 0 Å². The Labute approximate surface area is 211 Å². The van der Waals surface area contributed by atoms with E-state index in [0.717, 1.165) is 46.2 Å². The minimum atomic E-state index is -0.388. The maximum absolute atomic E-state index is 13.0. The van der Waals surface area contributed by atoms with E-state index in [2.05, 4.69) is 43.4 Å². The second-order valence-electron chi connectivity index (χ2n) is 9.16. The predicted molar refractivity (Wildman–Crippen MR) is 145 cm³/mol. The Hall–Kier alpha value is -4.12. The van der Waals surface area contributed by atoms with Gasteiger partial charge in [0.25, 0.3) is 0 Å². The Morgan fingerprint density at radius 2 is 1.53 bits per heavy atom. The fourth-order valence-electron chi connectivity index (χ4n) is 4.88. The van der Waals surface area contributed by atoms with Crippen LogP contribution in [0, 0.1) is 5.92 Å². The smallest absolute Gasteiger partial charge is 0.229 e. The molecule has 1 fully saturated rings. The first-order chi connectivity index (χ1) is 17.6.